The molecular weight excluding hydrogens is 642 g/mol. The maximum atomic E-state index is 14.6. The summed E-state index contributed by atoms with van der Waals surface area (Å²) in [6, 6.07) is 21.1. The predicted octanol–water partition coefficient (Wildman–Crippen LogP) is 4.96. The number of anilines is 1. The van der Waals surface area contributed by atoms with Crippen LogP contribution in [0.2, 0.25) is 0 Å². The Morgan fingerprint density at radius 1 is 0.939 bits per heavy atom. The van der Waals surface area contributed by atoms with Crippen LogP contribution in [0.5, 0.6) is 11.5 Å². The molecule has 6 rings (SSSR count). The highest BCUT2D eigenvalue weighted by atomic mass is 32.2. The average molecular weight is 694 g/mol. The molecule has 0 amide bonds. The smallest absolute Gasteiger partial charge is 0.209 e. The molecule has 11 heteroatoms. The first kappa shape index (κ1) is 35.6. The number of ether oxygens (including phenoxy) is 5. The van der Waals surface area contributed by atoms with Gasteiger partial charge in [0.05, 0.1) is 43.6 Å². The fourth-order valence-corrected chi connectivity index (χ4v) is 8.66. The van der Waals surface area contributed by atoms with Gasteiger partial charge in [0.1, 0.15) is 18.1 Å². The molecule has 1 unspecified atom stereocenters. The number of fused-ring (bicyclic) bond motifs is 1. The van der Waals surface area contributed by atoms with Crippen molar-refractivity contribution < 1.29 is 32.1 Å². The van der Waals surface area contributed by atoms with Gasteiger partial charge in [-0.1, -0.05) is 35.9 Å². The number of benzene rings is 3. The molecule has 266 valence electrons. The molecule has 2 fully saturated rings. The molecule has 3 aliphatic rings. The summed E-state index contributed by atoms with van der Waals surface area (Å²) >= 11 is 0. The third-order valence-corrected chi connectivity index (χ3v) is 11.8. The number of methoxy groups -OCH3 is 2. The Kier molecular flexibility index (Phi) is 12.1. The standard InChI is InChI=1S/C38H51N3O7S/c1-28-5-12-33(13-6-28)49(42,43)38(30-9-14-36-35(25-30)41(20-24-47-36)16-4-21-44-2)48-37-27-39-31(15-17-40-18-22-46-23-19-40)26-34(37)29-7-10-32(45-3)11-8-29/h5-14,25,31,34,37-39H,4,15-24,26-27H2,1-3H3/t31-,34+,37-,38?/m0/s1. The van der Waals surface area contributed by atoms with Crippen LogP contribution in [0.25, 0.3) is 0 Å². The first-order chi connectivity index (χ1) is 23.9. The first-order valence-electron chi connectivity index (χ1n) is 17.5. The van der Waals surface area contributed by atoms with E-state index in [4.69, 9.17) is 23.7 Å². The fourth-order valence-electron chi connectivity index (χ4n) is 7.10. The molecule has 10 nitrogen and oxygen atoms in total. The molecule has 1 N–H and O–H groups in total. The minimum absolute atomic E-state index is 0.0240. The van der Waals surface area contributed by atoms with E-state index in [1.165, 1.54) is 0 Å². The van der Waals surface area contributed by atoms with Crippen LogP contribution >= 0.6 is 0 Å². The van der Waals surface area contributed by atoms with Crippen LogP contribution in [0.15, 0.2) is 71.6 Å². The van der Waals surface area contributed by atoms with Crippen LogP contribution in [-0.4, -0.2) is 105 Å². The first-order valence-corrected chi connectivity index (χ1v) is 19.0. The van der Waals surface area contributed by atoms with Crippen LogP contribution in [0.4, 0.5) is 5.69 Å². The molecule has 0 saturated carbocycles. The van der Waals surface area contributed by atoms with E-state index < -0.39 is 21.4 Å². The lowest BCUT2D eigenvalue weighted by Crippen LogP contribution is -2.49. The zero-order valence-corrected chi connectivity index (χ0v) is 29.8. The quantitative estimate of drug-likeness (QED) is 0.233. The number of rotatable bonds is 14. The second kappa shape index (κ2) is 16.7. The number of hydrogen-bond donors (Lipinski definition) is 1. The highest BCUT2D eigenvalue weighted by Crippen LogP contribution is 2.41. The number of nitrogens with one attached hydrogen (secondary N) is 1. The van der Waals surface area contributed by atoms with Crippen LogP contribution in [0.1, 0.15) is 47.3 Å². The van der Waals surface area contributed by atoms with Gasteiger partial charge < -0.3 is 33.9 Å². The number of aryl methyl sites for hydroxylation is 1. The Labute approximate surface area is 291 Å². The minimum Gasteiger partial charge on any atom is -0.497 e. The third-order valence-electron chi connectivity index (χ3n) is 9.96. The van der Waals surface area contributed by atoms with Crippen molar-refractivity contribution >= 4 is 15.5 Å². The lowest BCUT2D eigenvalue weighted by molar-refractivity contribution is -0.00870. The van der Waals surface area contributed by atoms with E-state index in [1.54, 1.807) is 26.4 Å². The summed E-state index contributed by atoms with van der Waals surface area (Å²) in [7, 11) is -0.592. The Morgan fingerprint density at radius 2 is 1.71 bits per heavy atom. The third kappa shape index (κ3) is 8.76. The maximum absolute atomic E-state index is 14.6. The number of nitrogens with zero attached hydrogens (tertiary/aromatic N) is 2. The monoisotopic (exact) mass is 693 g/mol. The van der Waals surface area contributed by atoms with Crippen molar-refractivity contribution in [1.82, 2.24) is 10.2 Å². The van der Waals surface area contributed by atoms with E-state index in [1.807, 2.05) is 49.4 Å². The summed E-state index contributed by atoms with van der Waals surface area (Å²) in [4.78, 5) is 4.94. The molecule has 3 aliphatic heterocycles. The Bertz CT molecular complexity index is 1600. The molecule has 0 bridgehead atoms. The van der Waals surface area contributed by atoms with Crippen molar-refractivity contribution in [2.24, 2.45) is 0 Å². The predicted molar refractivity (Wildman–Crippen MR) is 191 cm³/mol. The van der Waals surface area contributed by atoms with Gasteiger partial charge in [-0.05, 0) is 80.3 Å². The van der Waals surface area contributed by atoms with Crippen molar-refractivity contribution in [2.75, 3.05) is 84.8 Å². The van der Waals surface area contributed by atoms with E-state index in [9.17, 15) is 8.42 Å². The van der Waals surface area contributed by atoms with Gasteiger partial charge in [-0.25, -0.2) is 8.42 Å². The van der Waals surface area contributed by atoms with Crippen molar-refractivity contribution in [2.45, 2.75) is 54.6 Å². The second-order valence-corrected chi connectivity index (χ2v) is 15.2. The molecule has 0 aliphatic carbocycles. The molecule has 4 atom stereocenters. The number of sulfone groups is 1. The van der Waals surface area contributed by atoms with Gasteiger partial charge in [0.2, 0.25) is 9.84 Å². The molecule has 0 radical (unpaired) electrons. The molecule has 0 aromatic heterocycles. The molecule has 3 aromatic carbocycles. The van der Waals surface area contributed by atoms with Crippen LogP contribution in [-0.2, 0) is 24.0 Å². The molecule has 0 spiro atoms. The van der Waals surface area contributed by atoms with Crippen LogP contribution < -0.4 is 19.7 Å². The number of morpholine rings is 1. The topological polar surface area (TPSA) is 98.8 Å². The molecular formula is C38H51N3O7S. The fraction of sp³-hybridized carbons (Fsp3) is 0.526. The number of piperidine rings is 1. The summed E-state index contributed by atoms with van der Waals surface area (Å²) in [6.07, 6.45) is 2.27. The molecule has 3 aromatic rings. The highest BCUT2D eigenvalue weighted by molar-refractivity contribution is 7.91. The SMILES string of the molecule is COCCCN1CCOc2ccc(C(O[C@H]3CN[C@@H](CCN4CCOCC4)C[C@@H]3c3ccc(OC)cc3)S(=O)(=O)c3ccc(C)cc3)cc21. The van der Waals surface area contributed by atoms with Crippen LogP contribution in [0, 0.1) is 6.92 Å². The Morgan fingerprint density at radius 3 is 2.45 bits per heavy atom. The zero-order chi connectivity index (χ0) is 34.2. The van der Waals surface area contributed by atoms with E-state index in [0.29, 0.717) is 31.9 Å². The summed E-state index contributed by atoms with van der Waals surface area (Å²) in [5.74, 6) is 1.51. The summed E-state index contributed by atoms with van der Waals surface area (Å²) < 4.78 is 58.5. The normalized spacial score (nSPS) is 22.3. The summed E-state index contributed by atoms with van der Waals surface area (Å²) in [5.41, 5.74) is 2.35. The van der Waals surface area contributed by atoms with Crippen molar-refractivity contribution in [1.29, 1.82) is 0 Å². The lowest BCUT2D eigenvalue weighted by Gasteiger charge is -2.40. The van der Waals surface area contributed by atoms with Gasteiger partial charge in [-0.3, -0.25) is 4.90 Å². The van der Waals surface area contributed by atoms with Crippen molar-refractivity contribution in [3.05, 3.63) is 83.4 Å². The van der Waals surface area contributed by atoms with Gasteiger partial charge in [0.25, 0.3) is 0 Å². The van der Waals surface area contributed by atoms with E-state index in [0.717, 1.165) is 87.0 Å². The van der Waals surface area contributed by atoms with Gasteiger partial charge in [0, 0.05) is 51.9 Å². The van der Waals surface area contributed by atoms with E-state index >= 15 is 0 Å². The minimum atomic E-state index is -3.96. The molecule has 2 saturated heterocycles. The maximum Gasteiger partial charge on any atom is 0.209 e. The highest BCUT2D eigenvalue weighted by Gasteiger charge is 2.39. The second-order valence-electron chi connectivity index (χ2n) is 13.2. The van der Waals surface area contributed by atoms with Gasteiger partial charge >= 0.3 is 0 Å². The lowest BCUT2D eigenvalue weighted by atomic mass is 9.83. The average Bonchev–Trinajstić information content (AvgIpc) is 3.14. The van der Waals surface area contributed by atoms with Gasteiger partial charge in [-0.15, -0.1) is 0 Å². The molecule has 49 heavy (non-hydrogen) atoms. The Balaban J connectivity index is 1.32. The van der Waals surface area contributed by atoms with Gasteiger partial charge in [0.15, 0.2) is 5.44 Å². The van der Waals surface area contributed by atoms with Crippen molar-refractivity contribution in [3.8, 4) is 11.5 Å². The Hall–Kier alpha value is -3.19. The van der Waals surface area contributed by atoms with E-state index in [-0.39, 0.29) is 16.9 Å². The van der Waals surface area contributed by atoms with Crippen molar-refractivity contribution in [3.63, 3.8) is 0 Å². The van der Waals surface area contributed by atoms with E-state index in [2.05, 4.69) is 27.2 Å². The van der Waals surface area contributed by atoms with Crippen LogP contribution in [0.3, 0.4) is 0 Å². The zero-order valence-electron chi connectivity index (χ0n) is 29.0. The summed E-state index contributed by atoms with van der Waals surface area (Å²) in [5, 5.41) is 3.73. The summed E-state index contributed by atoms with van der Waals surface area (Å²) in [6.45, 7) is 9.65. The van der Waals surface area contributed by atoms with Gasteiger partial charge in [-0.2, -0.15) is 0 Å². The molecule has 3 heterocycles. The largest absolute Gasteiger partial charge is 0.497 e. The number of hydrogen-bond acceptors (Lipinski definition) is 10.